The van der Waals surface area contributed by atoms with Crippen molar-refractivity contribution in [3.05, 3.63) is 96.4 Å². The van der Waals surface area contributed by atoms with Crippen LogP contribution in [0.1, 0.15) is 5.56 Å². The first-order chi connectivity index (χ1) is 13.7. The minimum Gasteiger partial charge on any atom is -0.488 e. The minimum absolute atomic E-state index is 0.0833. The Morgan fingerprint density at radius 1 is 0.929 bits per heavy atom. The van der Waals surface area contributed by atoms with Gasteiger partial charge in [0, 0.05) is 11.6 Å². The summed E-state index contributed by atoms with van der Waals surface area (Å²) >= 11 is 0. The van der Waals surface area contributed by atoms with E-state index in [1.807, 2.05) is 65.4 Å². The molecule has 1 heterocycles. The zero-order valence-corrected chi connectivity index (χ0v) is 15.1. The molecule has 4 aromatic rings. The molecule has 3 aromatic carbocycles. The quantitative estimate of drug-likeness (QED) is 0.516. The van der Waals surface area contributed by atoms with Gasteiger partial charge in [0.15, 0.2) is 0 Å². The van der Waals surface area contributed by atoms with Crippen molar-refractivity contribution in [3.63, 3.8) is 0 Å². The minimum atomic E-state index is -0.454. The highest BCUT2D eigenvalue weighted by molar-refractivity contribution is 5.93. The third-order valence-corrected chi connectivity index (χ3v) is 4.47. The van der Waals surface area contributed by atoms with Crippen LogP contribution in [0.15, 0.2) is 85.1 Å². The fraction of sp³-hybridized carbons (Fsp3) is 0.0870. The summed E-state index contributed by atoms with van der Waals surface area (Å²) in [4.78, 5) is 12.3. The molecule has 1 N–H and O–H groups in total. The molecule has 0 bridgehead atoms. The molecular weight excluding hydrogens is 355 g/mol. The first-order valence-electron chi connectivity index (χ1n) is 9.00. The van der Waals surface area contributed by atoms with Crippen molar-refractivity contribution in [3.8, 4) is 5.75 Å². The lowest BCUT2D eigenvalue weighted by Crippen LogP contribution is -2.18. The second kappa shape index (κ2) is 7.96. The second-order valence-electron chi connectivity index (χ2n) is 6.43. The van der Waals surface area contributed by atoms with E-state index in [0.29, 0.717) is 6.61 Å². The molecule has 1 aromatic heterocycles. The van der Waals surface area contributed by atoms with Gasteiger partial charge < -0.3 is 14.6 Å². The molecule has 0 aliphatic heterocycles. The number of benzene rings is 3. The maximum atomic E-state index is 13.7. The molecule has 0 saturated heterocycles. The molecule has 1 amide bonds. The van der Waals surface area contributed by atoms with Gasteiger partial charge in [0.2, 0.25) is 5.91 Å². The molecule has 0 fully saturated rings. The van der Waals surface area contributed by atoms with E-state index in [9.17, 15) is 9.18 Å². The molecule has 28 heavy (non-hydrogen) atoms. The van der Waals surface area contributed by atoms with Crippen molar-refractivity contribution in [1.82, 2.24) is 4.57 Å². The summed E-state index contributed by atoms with van der Waals surface area (Å²) in [6, 6.07) is 23.7. The number of nitrogens with one attached hydrogen (secondary N) is 1. The number of halogens is 1. The highest BCUT2D eigenvalue weighted by atomic mass is 19.1. The molecule has 5 heteroatoms. The number of hydrogen-bond acceptors (Lipinski definition) is 2. The largest absolute Gasteiger partial charge is 0.488 e. The Hall–Kier alpha value is -3.60. The Labute approximate surface area is 162 Å². The molecule has 140 valence electrons. The lowest BCUT2D eigenvalue weighted by molar-refractivity contribution is -0.116. The maximum absolute atomic E-state index is 13.7. The standard InChI is InChI=1S/C23H19FN2O2/c24-19-9-4-5-10-20(19)25-23(27)15-26-14-13-18-21(26)11-6-12-22(18)28-16-17-7-2-1-3-8-17/h1-14H,15-16H2,(H,25,27). The normalized spacial score (nSPS) is 10.8. The van der Waals surface area contributed by atoms with Crippen LogP contribution in [0.5, 0.6) is 5.75 Å². The van der Waals surface area contributed by atoms with E-state index >= 15 is 0 Å². The van der Waals surface area contributed by atoms with Gasteiger partial charge in [-0.1, -0.05) is 48.5 Å². The number of carbonyl (C=O) groups excluding carboxylic acids is 1. The Morgan fingerprint density at radius 2 is 1.71 bits per heavy atom. The van der Waals surface area contributed by atoms with Crippen LogP contribution >= 0.6 is 0 Å². The second-order valence-corrected chi connectivity index (χ2v) is 6.43. The molecule has 0 spiro atoms. The highest BCUT2D eigenvalue weighted by Crippen LogP contribution is 2.27. The predicted molar refractivity (Wildman–Crippen MR) is 108 cm³/mol. The van der Waals surface area contributed by atoms with Gasteiger partial charge in [-0.3, -0.25) is 4.79 Å². The van der Waals surface area contributed by atoms with Gasteiger partial charge in [-0.05, 0) is 35.9 Å². The van der Waals surface area contributed by atoms with E-state index in [-0.39, 0.29) is 18.1 Å². The predicted octanol–water partition coefficient (Wildman–Crippen LogP) is 5.00. The van der Waals surface area contributed by atoms with Crippen LogP contribution in [0.3, 0.4) is 0 Å². The third-order valence-electron chi connectivity index (χ3n) is 4.47. The lowest BCUT2D eigenvalue weighted by Gasteiger charge is -2.10. The first kappa shape index (κ1) is 17.8. The average Bonchev–Trinajstić information content (AvgIpc) is 3.12. The smallest absolute Gasteiger partial charge is 0.244 e. The van der Waals surface area contributed by atoms with Gasteiger partial charge in [0.25, 0.3) is 0 Å². The fourth-order valence-corrected chi connectivity index (χ4v) is 3.10. The Morgan fingerprint density at radius 3 is 2.54 bits per heavy atom. The summed E-state index contributed by atoms with van der Waals surface area (Å²) < 4.78 is 21.5. The number of para-hydroxylation sites is 1. The Kier molecular flexibility index (Phi) is 5.06. The maximum Gasteiger partial charge on any atom is 0.244 e. The summed E-state index contributed by atoms with van der Waals surface area (Å²) in [7, 11) is 0. The monoisotopic (exact) mass is 374 g/mol. The highest BCUT2D eigenvalue weighted by Gasteiger charge is 2.11. The third kappa shape index (κ3) is 3.88. The lowest BCUT2D eigenvalue weighted by atomic mass is 10.2. The molecular formula is C23H19FN2O2. The van der Waals surface area contributed by atoms with Crippen molar-refractivity contribution in [2.24, 2.45) is 0 Å². The molecule has 0 radical (unpaired) electrons. The number of hydrogen-bond donors (Lipinski definition) is 1. The van der Waals surface area contributed by atoms with Crippen molar-refractivity contribution < 1.29 is 13.9 Å². The molecule has 0 aliphatic carbocycles. The fourth-order valence-electron chi connectivity index (χ4n) is 3.10. The van der Waals surface area contributed by atoms with Crippen LogP contribution in [0.25, 0.3) is 10.9 Å². The topological polar surface area (TPSA) is 43.3 Å². The number of rotatable bonds is 6. The first-order valence-corrected chi connectivity index (χ1v) is 9.00. The Balaban J connectivity index is 1.50. The number of anilines is 1. The van der Waals surface area contributed by atoms with Gasteiger partial charge in [-0.15, -0.1) is 0 Å². The van der Waals surface area contributed by atoms with Crippen molar-refractivity contribution in [2.45, 2.75) is 13.2 Å². The summed E-state index contributed by atoms with van der Waals surface area (Å²) in [6.07, 6.45) is 1.83. The van der Waals surface area contributed by atoms with Crippen LogP contribution in [0.4, 0.5) is 10.1 Å². The van der Waals surface area contributed by atoms with Crippen LogP contribution in [-0.2, 0) is 17.9 Å². The van der Waals surface area contributed by atoms with E-state index in [1.165, 1.54) is 12.1 Å². The van der Waals surface area contributed by atoms with Gasteiger partial charge in [-0.25, -0.2) is 4.39 Å². The molecule has 0 saturated carbocycles. The van der Waals surface area contributed by atoms with Crippen LogP contribution in [0, 0.1) is 5.82 Å². The van der Waals surface area contributed by atoms with E-state index in [0.717, 1.165) is 22.2 Å². The molecule has 4 rings (SSSR count). The average molecular weight is 374 g/mol. The molecule has 4 nitrogen and oxygen atoms in total. The molecule has 0 unspecified atom stereocenters. The zero-order valence-electron chi connectivity index (χ0n) is 15.1. The Bertz CT molecular complexity index is 1110. The van der Waals surface area contributed by atoms with E-state index in [2.05, 4.69) is 5.32 Å². The summed E-state index contributed by atoms with van der Waals surface area (Å²) in [5, 5.41) is 3.54. The summed E-state index contributed by atoms with van der Waals surface area (Å²) in [5.74, 6) is 0.0117. The molecule has 0 atom stereocenters. The van der Waals surface area contributed by atoms with Gasteiger partial charge >= 0.3 is 0 Å². The van der Waals surface area contributed by atoms with Crippen LogP contribution in [-0.4, -0.2) is 10.5 Å². The van der Waals surface area contributed by atoms with Crippen molar-refractivity contribution in [2.75, 3.05) is 5.32 Å². The number of amides is 1. The van der Waals surface area contributed by atoms with Gasteiger partial charge in [-0.2, -0.15) is 0 Å². The van der Waals surface area contributed by atoms with Crippen LogP contribution < -0.4 is 10.1 Å². The summed E-state index contributed by atoms with van der Waals surface area (Å²) in [5.41, 5.74) is 2.15. The SMILES string of the molecule is O=C(Cn1ccc2c(OCc3ccccc3)cccc21)Nc1ccccc1F. The number of fused-ring (bicyclic) bond motifs is 1. The van der Waals surface area contributed by atoms with E-state index in [1.54, 1.807) is 12.1 Å². The summed E-state index contributed by atoms with van der Waals surface area (Å²) in [6.45, 7) is 0.554. The van der Waals surface area contributed by atoms with Crippen LogP contribution in [0.2, 0.25) is 0 Å². The number of ether oxygens (including phenoxy) is 1. The van der Waals surface area contributed by atoms with E-state index in [4.69, 9.17) is 4.74 Å². The van der Waals surface area contributed by atoms with Gasteiger partial charge in [0.05, 0.1) is 11.2 Å². The molecule has 0 aliphatic rings. The van der Waals surface area contributed by atoms with E-state index < -0.39 is 5.82 Å². The van der Waals surface area contributed by atoms with Crippen molar-refractivity contribution in [1.29, 1.82) is 0 Å². The zero-order chi connectivity index (χ0) is 19.3. The van der Waals surface area contributed by atoms with Crippen molar-refractivity contribution >= 4 is 22.5 Å². The number of nitrogens with zero attached hydrogens (tertiary/aromatic N) is 1. The number of carbonyl (C=O) groups is 1. The van der Waals surface area contributed by atoms with Gasteiger partial charge in [0.1, 0.15) is 24.7 Å². The number of aromatic nitrogens is 1.